The van der Waals surface area contributed by atoms with E-state index >= 15 is 0 Å². The number of aryl methyl sites for hydroxylation is 1. The fourth-order valence-corrected chi connectivity index (χ4v) is 3.08. The summed E-state index contributed by atoms with van der Waals surface area (Å²) in [6.45, 7) is 5.84. The molecular formula is C18H23N5O2. The van der Waals surface area contributed by atoms with Gasteiger partial charge in [0.15, 0.2) is 5.82 Å². The van der Waals surface area contributed by atoms with E-state index in [0.717, 1.165) is 44.8 Å². The molecule has 0 unspecified atom stereocenters. The van der Waals surface area contributed by atoms with Crippen molar-refractivity contribution in [2.75, 3.05) is 26.2 Å². The first-order valence-corrected chi connectivity index (χ1v) is 8.61. The molecule has 0 spiro atoms. The summed E-state index contributed by atoms with van der Waals surface area (Å²) in [6.07, 6.45) is 2.29. The summed E-state index contributed by atoms with van der Waals surface area (Å²) in [5, 5.41) is 16.6. The van der Waals surface area contributed by atoms with Gasteiger partial charge in [-0.2, -0.15) is 10.2 Å². The smallest absolute Gasteiger partial charge is 0.223 e. The fourth-order valence-electron chi connectivity index (χ4n) is 3.08. The summed E-state index contributed by atoms with van der Waals surface area (Å²) >= 11 is 0. The lowest BCUT2D eigenvalue weighted by atomic mass is 10.1. The van der Waals surface area contributed by atoms with Crippen molar-refractivity contribution in [1.82, 2.24) is 20.4 Å². The van der Waals surface area contributed by atoms with Crippen molar-refractivity contribution in [3.05, 3.63) is 41.5 Å². The van der Waals surface area contributed by atoms with Crippen molar-refractivity contribution in [3.8, 4) is 11.8 Å². The number of nitrogens with one attached hydrogen (secondary N) is 1. The van der Waals surface area contributed by atoms with Gasteiger partial charge < -0.3 is 14.6 Å². The number of hydrogen-bond acceptors (Lipinski definition) is 7. The van der Waals surface area contributed by atoms with Crippen molar-refractivity contribution in [3.63, 3.8) is 0 Å². The predicted molar refractivity (Wildman–Crippen MR) is 92.0 cm³/mol. The van der Waals surface area contributed by atoms with E-state index in [4.69, 9.17) is 14.5 Å². The van der Waals surface area contributed by atoms with Crippen molar-refractivity contribution in [1.29, 1.82) is 5.26 Å². The van der Waals surface area contributed by atoms with Crippen LogP contribution in [0.2, 0.25) is 0 Å². The first-order chi connectivity index (χ1) is 12.2. The normalized spacial score (nSPS) is 18.0. The number of para-hydroxylation sites is 1. The average Bonchev–Trinajstić information content (AvgIpc) is 3.04. The molecule has 7 heteroatoms. The Morgan fingerprint density at radius 2 is 2.32 bits per heavy atom. The fraction of sp³-hybridized carbons (Fsp3) is 0.500. The molecule has 1 fully saturated rings. The molecule has 7 nitrogen and oxygen atoms in total. The summed E-state index contributed by atoms with van der Waals surface area (Å²) in [5.41, 5.74) is 0.571. The van der Waals surface area contributed by atoms with E-state index in [1.807, 2.05) is 25.1 Å². The zero-order valence-corrected chi connectivity index (χ0v) is 14.4. The Kier molecular flexibility index (Phi) is 5.99. The molecular weight excluding hydrogens is 318 g/mol. The molecule has 132 valence electrons. The largest absolute Gasteiger partial charge is 0.491 e. The molecule has 0 bridgehead atoms. The number of likely N-dealkylation sites (tertiary alicyclic amines) is 1. The monoisotopic (exact) mass is 341 g/mol. The van der Waals surface area contributed by atoms with Crippen molar-refractivity contribution in [2.45, 2.75) is 32.4 Å². The Bertz CT molecular complexity index is 724. The van der Waals surface area contributed by atoms with Crippen LogP contribution in [0.15, 0.2) is 28.8 Å². The number of rotatable bonds is 7. The summed E-state index contributed by atoms with van der Waals surface area (Å²) in [6, 6.07) is 9.88. The first kappa shape index (κ1) is 17.4. The van der Waals surface area contributed by atoms with Crippen LogP contribution in [0.3, 0.4) is 0 Å². The lowest BCUT2D eigenvalue weighted by Crippen LogP contribution is -2.46. The van der Waals surface area contributed by atoms with Crippen molar-refractivity contribution in [2.24, 2.45) is 0 Å². The molecule has 1 aliphatic heterocycles. The molecule has 1 atom stereocenters. The molecule has 1 N–H and O–H groups in total. The SMILES string of the molecule is Cc1nc(CN2CCC[C@@H](NCCOc3ccccc3C#N)C2)no1. The Labute approximate surface area is 147 Å². The van der Waals surface area contributed by atoms with E-state index in [1.54, 1.807) is 6.07 Å². The summed E-state index contributed by atoms with van der Waals surface area (Å²) in [4.78, 5) is 6.61. The number of aromatic nitrogens is 2. The second kappa shape index (κ2) is 8.60. The quantitative estimate of drug-likeness (QED) is 0.769. The van der Waals surface area contributed by atoms with Crippen LogP contribution in [-0.4, -0.2) is 47.3 Å². The van der Waals surface area contributed by atoms with Crippen molar-refractivity contribution >= 4 is 0 Å². The van der Waals surface area contributed by atoms with Gasteiger partial charge in [0, 0.05) is 26.1 Å². The van der Waals surface area contributed by atoms with E-state index in [-0.39, 0.29) is 0 Å². The Morgan fingerprint density at radius 3 is 3.12 bits per heavy atom. The molecule has 1 aromatic heterocycles. The zero-order valence-electron chi connectivity index (χ0n) is 14.4. The minimum absolute atomic E-state index is 0.427. The molecule has 25 heavy (non-hydrogen) atoms. The third-order valence-electron chi connectivity index (χ3n) is 4.24. The molecule has 1 aromatic carbocycles. The molecule has 1 saturated heterocycles. The predicted octanol–water partition coefficient (Wildman–Crippen LogP) is 1.88. The van der Waals surface area contributed by atoms with Gasteiger partial charge in [-0.3, -0.25) is 4.90 Å². The van der Waals surface area contributed by atoms with Crippen molar-refractivity contribution < 1.29 is 9.26 Å². The van der Waals surface area contributed by atoms with Gasteiger partial charge in [0.1, 0.15) is 18.4 Å². The van der Waals surface area contributed by atoms with Crippen LogP contribution >= 0.6 is 0 Å². The number of piperidine rings is 1. The highest BCUT2D eigenvalue weighted by Gasteiger charge is 2.20. The molecule has 0 saturated carbocycles. The minimum atomic E-state index is 0.427. The number of nitrogens with zero attached hydrogens (tertiary/aromatic N) is 4. The van der Waals surface area contributed by atoms with E-state index in [2.05, 4.69) is 26.4 Å². The van der Waals surface area contributed by atoms with E-state index < -0.39 is 0 Å². The summed E-state index contributed by atoms with van der Waals surface area (Å²) < 4.78 is 10.7. The van der Waals surface area contributed by atoms with E-state index in [0.29, 0.717) is 29.9 Å². The van der Waals surface area contributed by atoms with Crippen LogP contribution in [0.25, 0.3) is 0 Å². The Morgan fingerprint density at radius 1 is 1.44 bits per heavy atom. The maximum atomic E-state index is 9.06. The maximum Gasteiger partial charge on any atom is 0.223 e. The highest BCUT2D eigenvalue weighted by atomic mass is 16.5. The highest BCUT2D eigenvalue weighted by molar-refractivity contribution is 5.42. The van der Waals surface area contributed by atoms with Crippen LogP contribution in [0, 0.1) is 18.3 Å². The van der Waals surface area contributed by atoms with Gasteiger partial charge in [-0.1, -0.05) is 17.3 Å². The minimum Gasteiger partial charge on any atom is -0.491 e. The summed E-state index contributed by atoms with van der Waals surface area (Å²) in [7, 11) is 0. The topological polar surface area (TPSA) is 87.2 Å². The molecule has 2 heterocycles. The Balaban J connectivity index is 1.40. The van der Waals surface area contributed by atoms with Crippen LogP contribution in [0.1, 0.15) is 30.1 Å². The third kappa shape index (κ3) is 5.02. The molecule has 0 amide bonds. The maximum absolute atomic E-state index is 9.06. The van der Waals surface area contributed by atoms with E-state index in [9.17, 15) is 0 Å². The number of hydrogen-bond donors (Lipinski definition) is 1. The van der Waals surface area contributed by atoms with Crippen LogP contribution in [0.5, 0.6) is 5.75 Å². The molecule has 3 rings (SSSR count). The standard InChI is InChI=1S/C18H23N5O2/c1-14-21-18(22-25-14)13-23-9-4-6-16(12-23)20-8-10-24-17-7-3-2-5-15(17)11-19/h2-3,5,7,16,20H,4,6,8-10,12-13H2,1H3/t16-/m1/s1. The zero-order chi connectivity index (χ0) is 17.5. The van der Waals surface area contributed by atoms with Crippen LogP contribution in [-0.2, 0) is 6.54 Å². The van der Waals surface area contributed by atoms with E-state index in [1.165, 1.54) is 0 Å². The molecule has 0 radical (unpaired) electrons. The lowest BCUT2D eigenvalue weighted by Gasteiger charge is -2.32. The van der Waals surface area contributed by atoms with Crippen LogP contribution < -0.4 is 10.1 Å². The van der Waals surface area contributed by atoms with Crippen LogP contribution in [0.4, 0.5) is 0 Å². The number of benzene rings is 1. The Hall–Kier alpha value is -2.43. The molecule has 2 aromatic rings. The van der Waals surface area contributed by atoms with Gasteiger partial charge in [-0.25, -0.2) is 0 Å². The van der Waals surface area contributed by atoms with Gasteiger partial charge in [0.25, 0.3) is 0 Å². The van der Waals surface area contributed by atoms with Gasteiger partial charge in [0.05, 0.1) is 12.1 Å². The van der Waals surface area contributed by atoms with Gasteiger partial charge in [-0.15, -0.1) is 0 Å². The second-order valence-electron chi connectivity index (χ2n) is 6.21. The molecule has 1 aliphatic rings. The van der Waals surface area contributed by atoms with Gasteiger partial charge >= 0.3 is 0 Å². The van der Waals surface area contributed by atoms with Gasteiger partial charge in [-0.05, 0) is 31.5 Å². The summed E-state index contributed by atoms with van der Waals surface area (Å²) in [5.74, 6) is 2.00. The first-order valence-electron chi connectivity index (χ1n) is 8.61. The number of ether oxygens (including phenoxy) is 1. The van der Waals surface area contributed by atoms with Gasteiger partial charge in [0.2, 0.25) is 5.89 Å². The average molecular weight is 341 g/mol. The lowest BCUT2D eigenvalue weighted by molar-refractivity contribution is 0.173. The second-order valence-corrected chi connectivity index (χ2v) is 6.21. The molecule has 0 aliphatic carbocycles. The number of nitriles is 1. The highest BCUT2D eigenvalue weighted by Crippen LogP contribution is 2.16. The third-order valence-corrected chi connectivity index (χ3v) is 4.24.